The van der Waals surface area contributed by atoms with E-state index in [1.165, 1.54) is 11.8 Å². The van der Waals surface area contributed by atoms with Crippen LogP contribution in [0.4, 0.5) is 5.69 Å². The summed E-state index contributed by atoms with van der Waals surface area (Å²) in [6.45, 7) is 0.122. The van der Waals surface area contributed by atoms with Crippen molar-refractivity contribution in [3.05, 3.63) is 54.1 Å². The average Bonchev–Trinajstić information content (AvgIpc) is 2.54. The van der Waals surface area contributed by atoms with Crippen LogP contribution in [0.2, 0.25) is 0 Å². The number of thioether (sulfide) groups is 1. The molecule has 2 aromatic rings. The maximum Gasteiger partial charge on any atom is 0.343 e. The van der Waals surface area contributed by atoms with Crippen molar-refractivity contribution in [2.24, 2.45) is 16.5 Å². The molecule has 2 rings (SSSR count). The third-order valence-electron chi connectivity index (χ3n) is 2.76. The largest absolute Gasteiger partial charge is 0.423 e. The van der Waals surface area contributed by atoms with Crippen molar-refractivity contribution in [1.29, 1.82) is 0 Å². The van der Waals surface area contributed by atoms with Gasteiger partial charge in [-0.3, -0.25) is 0 Å². The van der Waals surface area contributed by atoms with Gasteiger partial charge in [-0.25, -0.2) is 9.79 Å². The van der Waals surface area contributed by atoms with Gasteiger partial charge in [-0.15, -0.1) is 11.8 Å². The van der Waals surface area contributed by atoms with Crippen molar-refractivity contribution in [3.8, 4) is 5.75 Å². The minimum absolute atomic E-state index is 0.0421. The Morgan fingerprint density at radius 2 is 1.74 bits per heavy atom. The second-order valence-electron chi connectivity index (χ2n) is 4.52. The van der Waals surface area contributed by atoms with Gasteiger partial charge in [0.05, 0.1) is 17.9 Å². The number of nitrogens with two attached hydrogens (primary N) is 2. The molecule has 0 unspecified atom stereocenters. The number of ether oxygens (including phenoxy) is 1. The van der Waals surface area contributed by atoms with Gasteiger partial charge in [0.25, 0.3) is 0 Å². The number of carbonyl (C=O) groups is 1. The molecule has 0 spiro atoms. The van der Waals surface area contributed by atoms with Crippen LogP contribution in [0.1, 0.15) is 10.4 Å². The first-order valence-corrected chi connectivity index (χ1v) is 7.82. The average molecular weight is 331 g/mol. The van der Waals surface area contributed by atoms with Crippen LogP contribution in [-0.2, 0) is 0 Å². The molecule has 0 radical (unpaired) electrons. The molecule has 7 heteroatoms. The zero-order chi connectivity index (χ0) is 16.7. The molecular formula is C16H17N3O3S. The smallest absolute Gasteiger partial charge is 0.343 e. The first-order valence-electron chi connectivity index (χ1n) is 6.84. The SMILES string of the molecule is NC(N)=Nc1ccc(C(=O)Oc2ccc(SCCO)cc2)cc1. The monoisotopic (exact) mass is 331 g/mol. The zero-order valence-electron chi connectivity index (χ0n) is 12.3. The molecule has 0 bridgehead atoms. The highest BCUT2D eigenvalue weighted by atomic mass is 32.2. The predicted octanol–water partition coefficient (Wildman–Crippen LogP) is 1.90. The zero-order valence-corrected chi connectivity index (χ0v) is 13.1. The van der Waals surface area contributed by atoms with E-state index in [0.29, 0.717) is 22.8 Å². The molecule has 2 aromatic carbocycles. The van der Waals surface area contributed by atoms with Gasteiger partial charge in [0.1, 0.15) is 5.75 Å². The van der Waals surface area contributed by atoms with E-state index >= 15 is 0 Å². The molecule has 0 aliphatic rings. The highest BCUT2D eigenvalue weighted by Gasteiger charge is 2.08. The summed E-state index contributed by atoms with van der Waals surface area (Å²) in [5.41, 5.74) is 11.5. The lowest BCUT2D eigenvalue weighted by molar-refractivity contribution is 0.0734. The highest BCUT2D eigenvalue weighted by molar-refractivity contribution is 7.99. The number of rotatable bonds is 6. The second kappa shape index (κ2) is 8.21. The highest BCUT2D eigenvalue weighted by Crippen LogP contribution is 2.22. The first-order chi connectivity index (χ1) is 11.1. The number of nitrogens with zero attached hydrogens (tertiary/aromatic N) is 1. The van der Waals surface area contributed by atoms with Gasteiger partial charge in [0.2, 0.25) is 0 Å². The lowest BCUT2D eigenvalue weighted by Crippen LogP contribution is -2.21. The van der Waals surface area contributed by atoms with Crippen LogP contribution >= 0.6 is 11.8 Å². The van der Waals surface area contributed by atoms with Crippen LogP contribution in [-0.4, -0.2) is 29.4 Å². The van der Waals surface area contributed by atoms with Crippen molar-refractivity contribution < 1.29 is 14.6 Å². The number of hydrogen-bond donors (Lipinski definition) is 3. The first kappa shape index (κ1) is 16.9. The van der Waals surface area contributed by atoms with Crippen LogP contribution < -0.4 is 16.2 Å². The van der Waals surface area contributed by atoms with E-state index in [2.05, 4.69) is 4.99 Å². The summed E-state index contributed by atoms with van der Waals surface area (Å²) in [6.07, 6.45) is 0. The van der Waals surface area contributed by atoms with E-state index in [9.17, 15) is 4.79 Å². The Balaban J connectivity index is 1.99. The number of esters is 1. The molecule has 0 aliphatic carbocycles. The molecule has 0 saturated carbocycles. The normalized spacial score (nSPS) is 10.1. The molecule has 0 saturated heterocycles. The Labute approximate surface area is 138 Å². The number of aliphatic imine (C=N–C) groups is 1. The van der Waals surface area contributed by atoms with E-state index in [1.54, 1.807) is 36.4 Å². The second-order valence-corrected chi connectivity index (χ2v) is 5.68. The molecule has 5 N–H and O–H groups in total. The summed E-state index contributed by atoms with van der Waals surface area (Å²) in [6, 6.07) is 13.5. The van der Waals surface area contributed by atoms with Gasteiger partial charge in [-0.2, -0.15) is 0 Å². The van der Waals surface area contributed by atoms with Gasteiger partial charge >= 0.3 is 5.97 Å². The minimum Gasteiger partial charge on any atom is -0.423 e. The van der Waals surface area contributed by atoms with Crippen molar-refractivity contribution >= 4 is 29.4 Å². The van der Waals surface area contributed by atoms with E-state index in [1.807, 2.05) is 12.1 Å². The third-order valence-corrected chi connectivity index (χ3v) is 3.75. The summed E-state index contributed by atoms with van der Waals surface area (Å²) in [4.78, 5) is 16.9. The van der Waals surface area contributed by atoms with E-state index in [0.717, 1.165) is 4.90 Å². The van der Waals surface area contributed by atoms with Crippen molar-refractivity contribution in [2.45, 2.75) is 4.90 Å². The molecule has 0 amide bonds. The lowest BCUT2D eigenvalue weighted by Gasteiger charge is -2.06. The van der Waals surface area contributed by atoms with Gasteiger partial charge in [0.15, 0.2) is 5.96 Å². The Bertz CT molecular complexity index is 681. The quantitative estimate of drug-likeness (QED) is 0.245. The molecule has 0 aliphatic heterocycles. The Hall–Kier alpha value is -2.51. The van der Waals surface area contributed by atoms with Crippen LogP contribution in [0.15, 0.2) is 58.4 Å². The molecule has 23 heavy (non-hydrogen) atoms. The van der Waals surface area contributed by atoms with Gasteiger partial charge in [-0.1, -0.05) is 0 Å². The number of guanidine groups is 1. The van der Waals surface area contributed by atoms with Crippen LogP contribution in [0.25, 0.3) is 0 Å². The topological polar surface area (TPSA) is 111 Å². The number of carbonyl (C=O) groups excluding carboxylic acids is 1. The van der Waals surface area contributed by atoms with Crippen molar-refractivity contribution in [1.82, 2.24) is 0 Å². The lowest BCUT2D eigenvalue weighted by atomic mass is 10.2. The van der Waals surface area contributed by atoms with Crippen LogP contribution in [0, 0.1) is 0 Å². The summed E-state index contributed by atoms with van der Waals surface area (Å²) < 4.78 is 5.30. The van der Waals surface area contributed by atoms with E-state index in [-0.39, 0.29) is 12.6 Å². The summed E-state index contributed by atoms with van der Waals surface area (Å²) in [7, 11) is 0. The number of hydrogen-bond acceptors (Lipinski definition) is 5. The minimum atomic E-state index is -0.461. The molecule has 0 aromatic heterocycles. The van der Waals surface area contributed by atoms with E-state index < -0.39 is 5.97 Å². The molecule has 6 nitrogen and oxygen atoms in total. The van der Waals surface area contributed by atoms with Crippen molar-refractivity contribution in [2.75, 3.05) is 12.4 Å². The predicted molar refractivity (Wildman–Crippen MR) is 91.1 cm³/mol. The van der Waals surface area contributed by atoms with Gasteiger partial charge in [-0.05, 0) is 48.5 Å². The number of aliphatic hydroxyl groups excluding tert-OH is 1. The number of aliphatic hydroxyl groups is 1. The third kappa shape index (κ3) is 5.32. The maximum atomic E-state index is 12.1. The molecule has 0 heterocycles. The van der Waals surface area contributed by atoms with Crippen LogP contribution in [0.5, 0.6) is 5.75 Å². The molecular weight excluding hydrogens is 314 g/mol. The fourth-order valence-electron chi connectivity index (χ4n) is 1.75. The van der Waals surface area contributed by atoms with Gasteiger partial charge in [0, 0.05) is 10.6 Å². The fourth-order valence-corrected chi connectivity index (χ4v) is 2.41. The Kier molecular flexibility index (Phi) is 6.02. The Morgan fingerprint density at radius 1 is 1.09 bits per heavy atom. The molecule has 120 valence electrons. The van der Waals surface area contributed by atoms with Crippen molar-refractivity contribution in [3.63, 3.8) is 0 Å². The Morgan fingerprint density at radius 3 is 2.30 bits per heavy atom. The van der Waals surface area contributed by atoms with Crippen LogP contribution in [0.3, 0.4) is 0 Å². The van der Waals surface area contributed by atoms with E-state index in [4.69, 9.17) is 21.3 Å². The number of benzene rings is 2. The summed E-state index contributed by atoms with van der Waals surface area (Å²) in [5, 5.41) is 8.78. The fraction of sp³-hybridized carbons (Fsp3) is 0.125. The summed E-state index contributed by atoms with van der Waals surface area (Å²) in [5.74, 6) is 0.578. The molecule has 0 atom stereocenters. The molecule has 0 fully saturated rings. The standard InChI is InChI=1S/C16H17N3O3S/c17-16(18)19-12-3-1-11(2-4-12)15(21)22-13-5-7-14(8-6-13)23-10-9-20/h1-8,20H,9-10H2,(H4,17,18,19). The maximum absolute atomic E-state index is 12.1. The van der Waals surface area contributed by atoms with Gasteiger partial charge < -0.3 is 21.3 Å². The summed E-state index contributed by atoms with van der Waals surface area (Å²) >= 11 is 1.53.